The highest BCUT2D eigenvalue weighted by atomic mass is 35.5. The number of amides is 2. The summed E-state index contributed by atoms with van der Waals surface area (Å²) in [5.41, 5.74) is 2.14. The Bertz CT molecular complexity index is 724. The fourth-order valence-electron chi connectivity index (χ4n) is 2.60. The maximum Gasteiger partial charge on any atom is 0.270 e. The van der Waals surface area contributed by atoms with Gasteiger partial charge in [-0.15, -0.1) is 10.2 Å². The normalized spacial score (nSPS) is 15.5. The molecule has 0 atom stereocenters. The molecule has 1 N–H and O–H groups in total. The summed E-state index contributed by atoms with van der Waals surface area (Å²) in [6, 6.07) is 1.67. The Balaban J connectivity index is 1.49. The number of hydrogen-bond acceptors (Lipinski definition) is 6. The quantitative estimate of drug-likeness (QED) is 0.867. The summed E-state index contributed by atoms with van der Waals surface area (Å²) in [5, 5.41) is 11.2. The second-order valence-electron chi connectivity index (χ2n) is 5.51. The number of nitrogens with zero attached hydrogens (tertiary/aromatic N) is 5. The molecule has 2 aromatic rings. The Labute approximate surface area is 148 Å². The van der Waals surface area contributed by atoms with E-state index < -0.39 is 0 Å². The van der Waals surface area contributed by atoms with Gasteiger partial charge in [-0.3, -0.25) is 19.8 Å². The first kappa shape index (κ1) is 16.9. The number of aryl methyl sites for hydroxylation is 1. The summed E-state index contributed by atoms with van der Waals surface area (Å²) >= 11 is 7.21. The molecule has 3 rings (SSSR count). The van der Waals surface area contributed by atoms with Gasteiger partial charge < -0.3 is 9.47 Å². The van der Waals surface area contributed by atoms with Crippen molar-refractivity contribution in [3.8, 4) is 0 Å². The molecular formula is C14H17ClN6O2S. The van der Waals surface area contributed by atoms with Gasteiger partial charge in [0.05, 0.1) is 11.6 Å². The number of aromatic nitrogens is 3. The highest BCUT2D eigenvalue weighted by Gasteiger charge is 2.25. The van der Waals surface area contributed by atoms with E-state index in [0.717, 1.165) is 0 Å². The van der Waals surface area contributed by atoms with Crippen LogP contribution < -0.4 is 5.32 Å². The summed E-state index contributed by atoms with van der Waals surface area (Å²) in [6.45, 7) is 2.72. The van der Waals surface area contributed by atoms with Crippen molar-refractivity contribution in [2.75, 3.05) is 38.0 Å². The van der Waals surface area contributed by atoms with Crippen molar-refractivity contribution in [2.45, 2.75) is 0 Å². The summed E-state index contributed by atoms with van der Waals surface area (Å²) in [7, 11) is 1.80. The van der Waals surface area contributed by atoms with E-state index in [-0.39, 0.29) is 18.4 Å². The van der Waals surface area contributed by atoms with Crippen LogP contribution in [-0.4, -0.2) is 69.1 Å². The fraction of sp³-hybridized carbons (Fsp3) is 0.429. The average molecular weight is 369 g/mol. The predicted octanol–water partition coefficient (Wildman–Crippen LogP) is 0.926. The maximum atomic E-state index is 12.5. The first-order valence-corrected chi connectivity index (χ1v) is 8.68. The number of piperazine rings is 1. The molecule has 0 spiro atoms. The molecule has 10 heteroatoms. The zero-order chi connectivity index (χ0) is 17.1. The molecule has 1 aliphatic heterocycles. The summed E-state index contributed by atoms with van der Waals surface area (Å²) < 4.78 is 1.73. The van der Waals surface area contributed by atoms with Gasteiger partial charge in [0.15, 0.2) is 0 Å². The standard InChI is InChI=1S/C14H17ClN6O2S/c1-19-7-10(15)6-11(19)13(23)21-4-2-20(3-5-21)8-12(22)17-14-18-16-9-24-14/h6-7,9H,2-5,8H2,1H3,(H,17,18,22). The molecule has 2 amide bonds. The van der Waals surface area contributed by atoms with E-state index in [2.05, 4.69) is 15.5 Å². The Kier molecular flexibility index (Phi) is 5.12. The highest BCUT2D eigenvalue weighted by molar-refractivity contribution is 7.13. The highest BCUT2D eigenvalue weighted by Crippen LogP contribution is 2.16. The zero-order valence-electron chi connectivity index (χ0n) is 13.1. The minimum Gasteiger partial charge on any atom is -0.345 e. The lowest BCUT2D eigenvalue weighted by Crippen LogP contribution is -2.50. The zero-order valence-corrected chi connectivity index (χ0v) is 14.7. The van der Waals surface area contributed by atoms with Gasteiger partial charge in [0.2, 0.25) is 11.0 Å². The molecule has 1 aliphatic rings. The van der Waals surface area contributed by atoms with Crippen LogP contribution in [0.25, 0.3) is 0 Å². The monoisotopic (exact) mass is 368 g/mol. The van der Waals surface area contributed by atoms with E-state index in [1.165, 1.54) is 11.3 Å². The van der Waals surface area contributed by atoms with E-state index in [0.29, 0.717) is 42.0 Å². The fourth-order valence-corrected chi connectivity index (χ4v) is 3.31. The van der Waals surface area contributed by atoms with Gasteiger partial charge in [0, 0.05) is 39.4 Å². The predicted molar refractivity (Wildman–Crippen MR) is 91.3 cm³/mol. The maximum absolute atomic E-state index is 12.5. The average Bonchev–Trinajstić information content (AvgIpc) is 3.16. The minimum absolute atomic E-state index is 0.0395. The largest absolute Gasteiger partial charge is 0.345 e. The number of nitrogens with one attached hydrogen (secondary N) is 1. The third-order valence-corrected chi connectivity index (χ3v) is 4.64. The van der Waals surface area contributed by atoms with Crippen molar-refractivity contribution in [3.63, 3.8) is 0 Å². The lowest BCUT2D eigenvalue weighted by atomic mass is 10.2. The van der Waals surface area contributed by atoms with Crippen LogP contribution >= 0.6 is 22.9 Å². The van der Waals surface area contributed by atoms with Crippen LogP contribution in [0, 0.1) is 0 Å². The van der Waals surface area contributed by atoms with Crippen LogP contribution in [0.15, 0.2) is 17.8 Å². The molecule has 0 saturated carbocycles. The van der Waals surface area contributed by atoms with Crippen molar-refractivity contribution in [3.05, 3.63) is 28.5 Å². The van der Waals surface area contributed by atoms with Gasteiger partial charge in [-0.1, -0.05) is 22.9 Å². The molecule has 3 heterocycles. The first-order chi connectivity index (χ1) is 11.5. The van der Waals surface area contributed by atoms with E-state index in [9.17, 15) is 9.59 Å². The van der Waals surface area contributed by atoms with Crippen molar-refractivity contribution >= 4 is 39.9 Å². The summed E-state index contributed by atoms with van der Waals surface area (Å²) in [6.07, 6.45) is 1.71. The lowest BCUT2D eigenvalue weighted by molar-refractivity contribution is -0.117. The number of rotatable bonds is 4. The molecule has 1 fully saturated rings. The molecule has 0 radical (unpaired) electrons. The molecule has 8 nitrogen and oxygen atoms in total. The first-order valence-electron chi connectivity index (χ1n) is 7.42. The summed E-state index contributed by atoms with van der Waals surface area (Å²) in [5.74, 6) is -0.164. The van der Waals surface area contributed by atoms with Crippen molar-refractivity contribution in [1.82, 2.24) is 24.6 Å². The Morgan fingerprint density at radius 1 is 1.33 bits per heavy atom. The number of carbonyl (C=O) groups is 2. The molecule has 0 aliphatic carbocycles. The van der Waals surface area contributed by atoms with Gasteiger partial charge in [-0.2, -0.15) is 0 Å². The van der Waals surface area contributed by atoms with Crippen molar-refractivity contribution < 1.29 is 9.59 Å². The van der Waals surface area contributed by atoms with Gasteiger partial charge in [-0.25, -0.2) is 0 Å². The molecule has 0 bridgehead atoms. The van der Waals surface area contributed by atoms with Crippen LogP contribution in [0.2, 0.25) is 5.02 Å². The van der Waals surface area contributed by atoms with Gasteiger partial charge in [0.1, 0.15) is 11.2 Å². The second-order valence-corrected chi connectivity index (χ2v) is 6.78. The topological polar surface area (TPSA) is 83.4 Å². The van der Waals surface area contributed by atoms with Crippen molar-refractivity contribution in [1.29, 1.82) is 0 Å². The minimum atomic E-state index is -0.124. The number of carbonyl (C=O) groups excluding carboxylic acids is 2. The van der Waals surface area contributed by atoms with Gasteiger partial charge >= 0.3 is 0 Å². The molecule has 24 heavy (non-hydrogen) atoms. The van der Waals surface area contributed by atoms with Crippen LogP contribution in [0.4, 0.5) is 5.13 Å². The Morgan fingerprint density at radius 3 is 2.67 bits per heavy atom. The SMILES string of the molecule is Cn1cc(Cl)cc1C(=O)N1CCN(CC(=O)Nc2nncs2)CC1. The molecular weight excluding hydrogens is 352 g/mol. The summed E-state index contributed by atoms with van der Waals surface area (Å²) in [4.78, 5) is 28.3. The van der Waals surface area contributed by atoms with E-state index >= 15 is 0 Å². The molecule has 2 aromatic heterocycles. The number of anilines is 1. The third-order valence-electron chi connectivity index (χ3n) is 3.82. The lowest BCUT2D eigenvalue weighted by Gasteiger charge is -2.34. The second kappa shape index (κ2) is 7.29. The van der Waals surface area contributed by atoms with Crippen LogP contribution in [-0.2, 0) is 11.8 Å². The Morgan fingerprint density at radius 2 is 2.08 bits per heavy atom. The van der Waals surface area contributed by atoms with E-state index in [4.69, 9.17) is 11.6 Å². The molecule has 1 saturated heterocycles. The molecule has 128 valence electrons. The van der Waals surface area contributed by atoms with Gasteiger partial charge in [-0.05, 0) is 6.07 Å². The molecule has 0 unspecified atom stereocenters. The Hall–Kier alpha value is -1.97. The van der Waals surface area contributed by atoms with E-state index in [1.807, 2.05) is 4.90 Å². The number of halogens is 1. The van der Waals surface area contributed by atoms with Crippen LogP contribution in [0.5, 0.6) is 0 Å². The molecule has 0 aromatic carbocycles. The smallest absolute Gasteiger partial charge is 0.270 e. The van der Waals surface area contributed by atoms with Crippen LogP contribution in [0.3, 0.4) is 0 Å². The number of hydrogen-bond donors (Lipinski definition) is 1. The van der Waals surface area contributed by atoms with Gasteiger partial charge in [0.25, 0.3) is 5.91 Å². The van der Waals surface area contributed by atoms with E-state index in [1.54, 1.807) is 34.3 Å². The van der Waals surface area contributed by atoms with Crippen molar-refractivity contribution in [2.24, 2.45) is 7.05 Å². The third kappa shape index (κ3) is 3.92. The van der Waals surface area contributed by atoms with Crippen LogP contribution in [0.1, 0.15) is 10.5 Å².